The topological polar surface area (TPSA) is 72.9 Å². The molecule has 0 bridgehead atoms. The van der Waals surface area contributed by atoms with E-state index in [1.165, 1.54) is 0 Å². The minimum atomic E-state index is -0.859. The van der Waals surface area contributed by atoms with Crippen LogP contribution in [0.2, 0.25) is 0 Å². The number of H-pyrrole nitrogens is 1. The minimum absolute atomic E-state index is 0.481. The average molecular weight is 316 g/mol. The average Bonchev–Trinajstić information content (AvgIpc) is 3.20. The second-order valence-corrected chi connectivity index (χ2v) is 6.11. The molecule has 0 fully saturated rings. The molecule has 2 aromatic heterocycles. The molecule has 0 amide bonds. The third-order valence-electron chi connectivity index (χ3n) is 4.50. The Labute approximate surface area is 139 Å². The lowest BCUT2D eigenvalue weighted by molar-refractivity contribution is 0.193. The lowest BCUT2D eigenvalue weighted by Gasteiger charge is -2.14. The zero-order valence-electron chi connectivity index (χ0n) is 13.4. The van der Waals surface area contributed by atoms with Crippen LogP contribution in [-0.4, -0.2) is 10.1 Å². The predicted molar refractivity (Wildman–Crippen MR) is 92.8 cm³/mol. The second kappa shape index (κ2) is 5.26. The van der Waals surface area contributed by atoms with Gasteiger partial charge in [0.15, 0.2) is 0 Å². The Morgan fingerprint density at radius 1 is 1.12 bits per heavy atom. The Kier molecular flexibility index (Phi) is 3.19. The summed E-state index contributed by atoms with van der Waals surface area (Å²) >= 11 is 0. The highest BCUT2D eigenvalue weighted by Crippen LogP contribution is 2.35. The Bertz CT molecular complexity index is 1110. The number of hydrogen-bond donors (Lipinski definition) is 2. The first-order valence-corrected chi connectivity index (χ1v) is 7.77. The molecule has 0 saturated heterocycles. The van der Waals surface area contributed by atoms with E-state index in [-0.39, 0.29) is 0 Å². The quantitative estimate of drug-likeness (QED) is 0.572. The number of aryl methyl sites for hydroxylation is 2. The van der Waals surface area contributed by atoms with Gasteiger partial charge in [-0.05, 0) is 55.3 Å². The number of aliphatic hydroxyl groups is 1. The van der Waals surface area contributed by atoms with E-state index >= 15 is 0 Å². The lowest BCUT2D eigenvalue weighted by Crippen LogP contribution is -2.02. The van der Waals surface area contributed by atoms with Gasteiger partial charge in [-0.25, -0.2) is 0 Å². The number of nitriles is 1. The summed E-state index contributed by atoms with van der Waals surface area (Å²) in [7, 11) is 0. The van der Waals surface area contributed by atoms with E-state index in [0.29, 0.717) is 16.9 Å². The highest BCUT2D eigenvalue weighted by atomic mass is 16.4. The second-order valence-electron chi connectivity index (χ2n) is 6.11. The van der Waals surface area contributed by atoms with Gasteiger partial charge < -0.3 is 14.5 Å². The summed E-state index contributed by atoms with van der Waals surface area (Å²) in [5.41, 5.74) is 5.27. The van der Waals surface area contributed by atoms with E-state index in [4.69, 9.17) is 9.68 Å². The summed E-state index contributed by atoms with van der Waals surface area (Å²) in [6.07, 6.45) is 1.02. The minimum Gasteiger partial charge on any atom is -0.458 e. The third kappa shape index (κ3) is 2.10. The number of fused-ring (bicyclic) bond motifs is 2. The molecule has 1 atom stereocenters. The van der Waals surface area contributed by atoms with Crippen LogP contribution >= 0.6 is 0 Å². The fourth-order valence-corrected chi connectivity index (χ4v) is 3.38. The molecule has 0 aliphatic rings. The maximum atomic E-state index is 10.9. The molecule has 0 spiro atoms. The molecule has 0 saturated carbocycles. The highest BCUT2D eigenvalue weighted by molar-refractivity contribution is 5.88. The van der Waals surface area contributed by atoms with Crippen molar-refractivity contribution in [1.29, 1.82) is 5.26 Å². The fourth-order valence-electron chi connectivity index (χ4n) is 3.38. The van der Waals surface area contributed by atoms with Crippen molar-refractivity contribution in [3.63, 3.8) is 0 Å². The van der Waals surface area contributed by atoms with Gasteiger partial charge >= 0.3 is 0 Å². The molecular weight excluding hydrogens is 300 g/mol. The summed E-state index contributed by atoms with van der Waals surface area (Å²) in [6, 6.07) is 13.2. The van der Waals surface area contributed by atoms with Crippen LogP contribution in [0.25, 0.3) is 21.9 Å². The third-order valence-corrected chi connectivity index (χ3v) is 4.50. The number of nitrogens with zero attached hydrogens (tertiary/aromatic N) is 1. The molecule has 2 heterocycles. The van der Waals surface area contributed by atoms with Gasteiger partial charge in [-0.2, -0.15) is 5.26 Å². The van der Waals surface area contributed by atoms with Crippen LogP contribution in [0.4, 0.5) is 0 Å². The molecule has 4 rings (SSSR count). The summed E-state index contributed by atoms with van der Waals surface area (Å²) in [6.45, 7) is 4.04. The molecule has 118 valence electrons. The van der Waals surface area contributed by atoms with Crippen LogP contribution in [0, 0.1) is 25.2 Å². The van der Waals surface area contributed by atoms with E-state index in [9.17, 15) is 5.11 Å². The van der Waals surface area contributed by atoms with Crippen LogP contribution in [0.15, 0.2) is 47.0 Å². The van der Waals surface area contributed by atoms with Crippen molar-refractivity contribution in [2.24, 2.45) is 0 Å². The molecule has 2 N–H and O–H groups in total. The van der Waals surface area contributed by atoms with Crippen LogP contribution in [0.3, 0.4) is 0 Å². The van der Waals surface area contributed by atoms with Crippen molar-refractivity contribution in [3.8, 4) is 6.07 Å². The van der Waals surface area contributed by atoms with E-state index in [1.54, 1.807) is 24.3 Å². The van der Waals surface area contributed by atoms with Gasteiger partial charge in [-0.3, -0.25) is 0 Å². The lowest BCUT2D eigenvalue weighted by atomic mass is 9.95. The maximum absolute atomic E-state index is 10.9. The van der Waals surface area contributed by atoms with Crippen LogP contribution in [-0.2, 0) is 0 Å². The van der Waals surface area contributed by atoms with E-state index in [0.717, 1.165) is 33.0 Å². The number of nitrogens with one attached hydrogen (secondary N) is 1. The molecule has 4 heteroatoms. The Balaban J connectivity index is 1.89. The van der Waals surface area contributed by atoms with E-state index < -0.39 is 6.10 Å². The molecule has 0 aliphatic heterocycles. The largest absolute Gasteiger partial charge is 0.458 e. The number of furan rings is 1. The summed E-state index contributed by atoms with van der Waals surface area (Å²) in [5, 5.41) is 21.8. The smallest absolute Gasteiger partial charge is 0.138 e. The summed E-state index contributed by atoms with van der Waals surface area (Å²) < 4.78 is 5.82. The molecule has 1 unspecified atom stereocenters. The number of benzene rings is 2. The van der Waals surface area contributed by atoms with Gasteiger partial charge in [0.25, 0.3) is 0 Å². The first-order chi connectivity index (χ1) is 11.6. The monoisotopic (exact) mass is 316 g/mol. The molecular formula is C20H16N2O2. The fraction of sp³-hybridized carbons (Fsp3) is 0.150. The Hall–Kier alpha value is -3.03. The summed E-state index contributed by atoms with van der Waals surface area (Å²) in [5.74, 6) is 0.481. The van der Waals surface area contributed by atoms with Gasteiger partial charge in [-0.15, -0.1) is 0 Å². The van der Waals surface area contributed by atoms with Crippen LogP contribution in [0.5, 0.6) is 0 Å². The van der Waals surface area contributed by atoms with Gasteiger partial charge in [0.1, 0.15) is 17.4 Å². The maximum Gasteiger partial charge on any atom is 0.138 e. The van der Waals surface area contributed by atoms with Crippen molar-refractivity contribution in [1.82, 2.24) is 4.98 Å². The molecule has 0 radical (unpaired) electrons. The molecule has 2 aromatic carbocycles. The van der Waals surface area contributed by atoms with Crippen LogP contribution < -0.4 is 0 Å². The van der Waals surface area contributed by atoms with Crippen molar-refractivity contribution in [2.45, 2.75) is 20.0 Å². The van der Waals surface area contributed by atoms with Gasteiger partial charge in [0.2, 0.25) is 0 Å². The molecule has 4 nitrogen and oxygen atoms in total. The summed E-state index contributed by atoms with van der Waals surface area (Å²) in [4.78, 5) is 3.23. The number of aliphatic hydroxyl groups excluding tert-OH is 1. The molecule has 24 heavy (non-hydrogen) atoms. The standard InChI is InChI=1S/C20H16N2O2/c1-11-7-12(2)19-15(5-6-22-19)18(11)20(23)17-9-14-8-13(10-21)3-4-16(14)24-17/h3-9,20,22-23H,1-2H3. The van der Waals surface area contributed by atoms with E-state index in [2.05, 4.69) is 17.1 Å². The first kappa shape index (κ1) is 14.6. The first-order valence-electron chi connectivity index (χ1n) is 7.77. The van der Waals surface area contributed by atoms with Crippen molar-refractivity contribution < 1.29 is 9.52 Å². The zero-order chi connectivity index (χ0) is 16.8. The van der Waals surface area contributed by atoms with E-state index in [1.807, 2.05) is 26.1 Å². The Morgan fingerprint density at radius 3 is 2.75 bits per heavy atom. The van der Waals surface area contributed by atoms with Gasteiger partial charge in [-0.1, -0.05) is 6.07 Å². The normalized spacial score (nSPS) is 12.6. The highest BCUT2D eigenvalue weighted by Gasteiger charge is 2.21. The number of hydrogen-bond acceptors (Lipinski definition) is 3. The zero-order valence-corrected chi connectivity index (χ0v) is 13.4. The number of rotatable bonds is 2. The molecule has 0 aliphatic carbocycles. The molecule has 4 aromatic rings. The van der Waals surface area contributed by atoms with Crippen molar-refractivity contribution in [3.05, 3.63) is 70.6 Å². The van der Waals surface area contributed by atoms with Crippen LogP contribution in [0.1, 0.15) is 34.1 Å². The SMILES string of the molecule is Cc1cc(C)c2[nH]ccc2c1C(O)c1cc2cc(C#N)ccc2o1. The predicted octanol–water partition coefficient (Wildman–Crippen LogP) is 4.48. The van der Waals surface area contributed by atoms with Gasteiger partial charge in [0.05, 0.1) is 11.6 Å². The Morgan fingerprint density at radius 2 is 1.96 bits per heavy atom. The van der Waals surface area contributed by atoms with Gasteiger partial charge in [0, 0.05) is 28.0 Å². The number of aromatic amines is 1. The van der Waals surface area contributed by atoms with Crippen molar-refractivity contribution in [2.75, 3.05) is 0 Å². The van der Waals surface area contributed by atoms with Crippen molar-refractivity contribution >= 4 is 21.9 Å². The number of aromatic nitrogens is 1.